The van der Waals surface area contributed by atoms with Crippen molar-refractivity contribution < 1.29 is 4.52 Å². The number of thiophene rings is 1. The van der Waals surface area contributed by atoms with Crippen LogP contribution in [-0.2, 0) is 6.54 Å². The molecule has 3 aromatic rings. The third-order valence-electron chi connectivity index (χ3n) is 4.58. The number of aromatic nitrogens is 2. The van der Waals surface area contributed by atoms with Crippen LogP contribution in [0.4, 0.5) is 5.00 Å². The van der Waals surface area contributed by atoms with Crippen molar-refractivity contribution in [2.45, 2.75) is 6.54 Å². The van der Waals surface area contributed by atoms with Gasteiger partial charge < -0.3 is 19.6 Å². The van der Waals surface area contributed by atoms with Gasteiger partial charge in [0.15, 0.2) is 5.96 Å². The molecule has 7 nitrogen and oxygen atoms in total. The molecule has 1 saturated heterocycles. The minimum atomic E-state index is 0.429. The second-order valence-corrected chi connectivity index (χ2v) is 7.71. The Labute approximate surface area is 172 Å². The fraction of sp³-hybridized carbons (Fsp3) is 0.316. The molecule has 0 amide bonds. The second kappa shape index (κ2) is 8.62. The van der Waals surface area contributed by atoms with Crippen LogP contribution in [-0.4, -0.2) is 54.2 Å². The van der Waals surface area contributed by atoms with E-state index in [1.54, 1.807) is 18.4 Å². The van der Waals surface area contributed by atoms with Gasteiger partial charge in [-0.15, -0.1) is 11.3 Å². The standard InChI is InChI=1S/C19H21ClN6OS/c1-21-19(26-10-8-25(9-11-26)17-3-2-12-28-17)22-13-16-23-18(24-27-16)14-4-6-15(20)7-5-14/h2-7,12H,8-11,13H2,1H3,(H,21,22). The molecule has 0 unspecified atom stereocenters. The Morgan fingerprint density at radius 2 is 2.00 bits per heavy atom. The molecule has 146 valence electrons. The normalized spacial score (nSPS) is 15.1. The highest BCUT2D eigenvalue weighted by atomic mass is 35.5. The zero-order valence-corrected chi connectivity index (χ0v) is 17.1. The molecule has 28 heavy (non-hydrogen) atoms. The predicted molar refractivity (Wildman–Crippen MR) is 113 cm³/mol. The summed E-state index contributed by atoms with van der Waals surface area (Å²) in [7, 11) is 1.79. The summed E-state index contributed by atoms with van der Waals surface area (Å²) < 4.78 is 5.36. The van der Waals surface area contributed by atoms with Gasteiger partial charge in [0, 0.05) is 43.8 Å². The predicted octanol–water partition coefficient (Wildman–Crippen LogP) is 3.35. The molecule has 0 spiro atoms. The molecule has 0 atom stereocenters. The van der Waals surface area contributed by atoms with Crippen molar-refractivity contribution in [1.82, 2.24) is 20.4 Å². The SMILES string of the molecule is CN=C(NCc1nc(-c2ccc(Cl)cc2)no1)N1CCN(c2cccs2)CC1. The van der Waals surface area contributed by atoms with Crippen molar-refractivity contribution in [3.63, 3.8) is 0 Å². The molecule has 2 aromatic heterocycles. The number of hydrogen-bond donors (Lipinski definition) is 1. The summed E-state index contributed by atoms with van der Waals surface area (Å²) in [6, 6.07) is 11.6. The molecule has 1 fully saturated rings. The second-order valence-electron chi connectivity index (χ2n) is 6.34. The molecule has 3 heterocycles. The van der Waals surface area contributed by atoms with Crippen LogP contribution in [0.3, 0.4) is 0 Å². The van der Waals surface area contributed by atoms with Gasteiger partial charge in [-0.25, -0.2) is 0 Å². The van der Waals surface area contributed by atoms with Gasteiger partial charge in [0.25, 0.3) is 0 Å². The monoisotopic (exact) mass is 416 g/mol. The fourth-order valence-electron chi connectivity index (χ4n) is 3.12. The first-order valence-corrected chi connectivity index (χ1v) is 10.3. The van der Waals surface area contributed by atoms with E-state index in [2.05, 4.69) is 47.8 Å². The number of anilines is 1. The van der Waals surface area contributed by atoms with Crippen LogP contribution < -0.4 is 10.2 Å². The summed E-state index contributed by atoms with van der Waals surface area (Å²) in [5.41, 5.74) is 0.869. The molecule has 0 saturated carbocycles. The smallest absolute Gasteiger partial charge is 0.246 e. The average molecular weight is 417 g/mol. The summed E-state index contributed by atoms with van der Waals surface area (Å²) in [5.74, 6) is 1.91. The van der Waals surface area contributed by atoms with E-state index < -0.39 is 0 Å². The highest BCUT2D eigenvalue weighted by Gasteiger charge is 2.20. The maximum atomic E-state index is 5.92. The van der Waals surface area contributed by atoms with E-state index in [1.807, 2.05) is 24.3 Å². The first-order valence-electron chi connectivity index (χ1n) is 9.05. The van der Waals surface area contributed by atoms with E-state index in [9.17, 15) is 0 Å². The van der Waals surface area contributed by atoms with Crippen LogP contribution in [0.2, 0.25) is 5.02 Å². The van der Waals surface area contributed by atoms with E-state index in [4.69, 9.17) is 16.1 Å². The maximum Gasteiger partial charge on any atom is 0.246 e. The van der Waals surface area contributed by atoms with Gasteiger partial charge in [-0.1, -0.05) is 16.8 Å². The van der Waals surface area contributed by atoms with Gasteiger partial charge in [0.2, 0.25) is 11.7 Å². The molecule has 1 aliphatic heterocycles. The Balaban J connectivity index is 1.32. The number of rotatable bonds is 4. The van der Waals surface area contributed by atoms with E-state index >= 15 is 0 Å². The van der Waals surface area contributed by atoms with E-state index in [0.29, 0.717) is 23.3 Å². The third-order valence-corrected chi connectivity index (χ3v) is 5.76. The lowest BCUT2D eigenvalue weighted by Crippen LogP contribution is -2.52. The van der Waals surface area contributed by atoms with E-state index in [1.165, 1.54) is 5.00 Å². The molecule has 0 radical (unpaired) electrons. The van der Waals surface area contributed by atoms with Crippen molar-refractivity contribution in [3.8, 4) is 11.4 Å². The van der Waals surface area contributed by atoms with Crippen LogP contribution in [0.25, 0.3) is 11.4 Å². The number of piperazine rings is 1. The number of nitrogens with zero attached hydrogens (tertiary/aromatic N) is 5. The van der Waals surface area contributed by atoms with Crippen molar-refractivity contribution in [2.24, 2.45) is 4.99 Å². The Kier molecular flexibility index (Phi) is 5.78. The molecular weight excluding hydrogens is 396 g/mol. The minimum Gasteiger partial charge on any atom is -0.360 e. The van der Waals surface area contributed by atoms with Crippen molar-refractivity contribution >= 4 is 33.9 Å². The van der Waals surface area contributed by atoms with Crippen LogP contribution in [0.15, 0.2) is 51.3 Å². The minimum absolute atomic E-state index is 0.429. The topological polar surface area (TPSA) is 69.8 Å². The van der Waals surface area contributed by atoms with Crippen LogP contribution in [0, 0.1) is 0 Å². The van der Waals surface area contributed by atoms with Gasteiger partial charge in [0.05, 0.1) is 11.5 Å². The molecule has 4 rings (SSSR count). The molecule has 1 aliphatic rings. The summed E-state index contributed by atoms with van der Waals surface area (Å²) in [4.78, 5) is 13.5. The Hall–Kier alpha value is -2.58. The van der Waals surface area contributed by atoms with Crippen molar-refractivity contribution in [1.29, 1.82) is 0 Å². The van der Waals surface area contributed by atoms with E-state index in [-0.39, 0.29) is 0 Å². The number of benzene rings is 1. The van der Waals surface area contributed by atoms with E-state index in [0.717, 1.165) is 37.7 Å². The summed E-state index contributed by atoms with van der Waals surface area (Å²) in [6.45, 7) is 4.21. The Bertz CT molecular complexity index is 916. The lowest BCUT2D eigenvalue weighted by molar-refractivity contribution is 0.355. The number of hydrogen-bond acceptors (Lipinski definition) is 6. The summed E-state index contributed by atoms with van der Waals surface area (Å²) >= 11 is 7.70. The van der Waals surface area contributed by atoms with Gasteiger partial charge in [-0.2, -0.15) is 4.98 Å². The highest BCUT2D eigenvalue weighted by Crippen LogP contribution is 2.22. The third kappa shape index (κ3) is 4.28. The van der Waals surface area contributed by atoms with Gasteiger partial charge >= 0.3 is 0 Å². The zero-order valence-electron chi connectivity index (χ0n) is 15.5. The van der Waals surface area contributed by atoms with Gasteiger partial charge in [0.1, 0.15) is 0 Å². The van der Waals surface area contributed by atoms with Crippen molar-refractivity contribution in [3.05, 3.63) is 52.7 Å². The molecule has 0 bridgehead atoms. The summed E-state index contributed by atoms with van der Waals surface area (Å²) in [6.07, 6.45) is 0. The number of guanidine groups is 1. The number of nitrogens with one attached hydrogen (secondary N) is 1. The summed E-state index contributed by atoms with van der Waals surface area (Å²) in [5, 5.41) is 11.5. The van der Waals surface area contributed by atoms with Gasteiger partial charge in [-0.05, 0) is 41.8 Å². The van der Waals surface area contributed by atoms with Crippen LogP contribution >= 0.6 is 22.9 Å². The maximum absolute atomic E-state index is 5.92. The zero-order chi connectivity index (χ0) is 19.3. The molecule has 1 N–H and O–H groups in total. The number of halogens is 1. The Morgan fingerprint density at radius 1 is 1.21 bits per heavy atom. The Morgan fingerprint density at radius 3 is 2.68 bits per heavy atom. The molecule has 9 heteroatoms. The average Bonchev–Trinajstić information content (AvgIpc) is 3.42. The lowest BCUT2D eigenvalue weighted by Gasteiger charge is -2.36. The van der Waals surface area contributed by atoms with Crippen LogP contribution in [0.1, 0.15) is 5.89 Å². The number of aliphatic imine (C=N–C) groups is 1. The first-order chi connectivity index (χ1) is 13.7. The van der Waals surface area contributed by atoms with Crippen molar-refractivity contribution in [2.75, 3.05) is 38.1 Å². The van der Waals surface area contributed by atoms with Gasteiger partial charge in [-0.3, -0.25) is 4.99 Å². The molecule has 1 aromatic carbocycles. The molecular formula is C19H21ClN6OS. The highest BCUT2D eigenvalue weighted by molar-refractivity contribution is 7.14. The fourth-order valence-corrected chi connectivity index (χ4v) is 4.03. The molecule has 0 aliphatic carbocycles. The first kappa shape index (κ1) is 18.8. The lowest BCUT2D eigenvalue weighted by atomic mass is 10.2. The van der Waals surface area contributed by atoms with Crippen LogP contribution in [0.5, 0.6) is 0 Å². The largest absolute Gasteiger partial charge is 0.360 e. The quantitative estimate of drug-likeness (QED) is 0.519.